The molecule has 1 aliphatic rings. The minimum atomic E-state index is 0.0853. The summed E-state index contributed by atoms with van der Waals surface area (Å²) in [7, 11) is 1.66. The lowest BCUT2D eigenvalue weighted by molar-refractivity contribution is -0.120. The Morgan fingerprint density at radius 2 is 2.33 bits per heavy atom. The number of allylic oxidation sites excluding steroid dienone is 1. The Balaban J connectivity index is 1.75. The summed E-state index contributed by atoms with van der Waals surface area (Å²) >= 11 is 1.57. The third-order valence-corrected chi connectivity index (χ3v) is 4.81. The second-order valence-electron chi connectivity index (χ2n) is 5.43. The molecule has 0 radical (unpaired) electrons. The van der Waals surface area contributed by atoms with Gasteiger partial charge in [-0.05, 0) is 39.0 Å². The van der Waals surface area contributed by atoms with Gasteiger partial charge in [0.15, 0.2) is 0 Å². The maximum atomic E-state index is 12.0. The number of rotatable bonds is 7. The van der Waals surface area contributed by atoms with Crippen LogP contribution in [0.25, 0.3) is 0 Å². The van der Waals surface area contributed by atoms with Gasteiger partial charge in [-0.3, -0.25) is 4.79 Å². The van der Waals surface area contributed by atoms with Gasteiger partial charge in [0.2, 0.25) is 5.91 Å². The number of hydrogen-bond donors (Lipinski definition) is 1. The van der Waals surface area contributed by atoms with Crippen molar-refractivity contribution < 1.29 is 9.53 Å². The van der Waals surface area contributed by atoms with Crippen LogP contribution in [0.1, 0.15) is 47.7 Å². The SMILES string of the molecule is COCc1nc(C)c(CC(=O)NCCC2=CCCCC2)s1. The molecule has 116 valence electrons. The highest BCUT2D eigenvalue weighted by atomic mass is 32.1. The summed E-state index contributed by atoms with van der Waals surface area (Å²) in [5, 5.41) is 3.95. The van der Waals surface area contributed by atoms with Crippen molar-refractivity contribution in [3.63, 3.8) is 0 Å². The van der Waals surface area contributed by atoms with Gasteiger partial charge >= 0.3 is 0 Å². The normalized spacial score (nSPS) is 14.9. The summed E-state index contributed by atoms with van der Waals surface area (Å²) in [5.41, 5.74) is 2.44. The summed E-state index contributed by atoms with van der Waals surface area (Å²) in [4.78, 5) is 17.4. The van der Waals surface area contributed by atoms with Gasteiger partial charge < -0.3 is 10.1 Å². The molecule has 0 spiro atoms. The predicted octanol–water partition coefficient (Wildman–Crippen LogP) is 3.15. The lowest BCUT2D eigenvalue weighted by Gasteiger charge is -2.12. The van der Waals surface area contributed by atoms with E-state index in [1.807, 2.05) is 6.92 Å². The second-order valence-corrected chi connectivity index (χ2v) is 6.60. The maximum absolute atomic E-state index is 12.0. The molecule has 0 aliphatic heterocycles. The fourth-order valence-electron chi connectivity index (χ4n) is 2.54. The molecule has 0 unspecified atom stereocenters. The van der Waals surface area contributed by atoms with Crippen LogP contribution in [0.15, 0.2) is 11.6 Å². The van der Waals surface area contributed by atoms with Crippen LogP contribution in [0.4, 0.5) is 0 Å². The van der Waals surface area contributed by atoms with Gasteiger partial charge in [0.25, 0.3) is 0 Å². The zero-order valence-corrected chi connectivity index (χ0v) is 13.7. The average molecular weight is 308 g/mol. The number of amides is 1. The molecule has 1 aromatic heterocycles. The minimum absolute atomic E-state index is 0.0853. The van der Waals surface area contributed by atoms with Crippen molar-refractivity contribution in [2.45, 2.75) is 52.1 Å². The van der Waals surface area contributed by atoms with Crippen molar-refractivity contribution in [3.8, 4) is 0 Å². The molecular formula is C16H24N2O2S. The van der Waals surface area contributed by atoms with Gasteiger partial charge in [-0.2, -0.15) is 0 Å². The van der Waals surface area contributed by atoms with Crippen molar-refractivity contribution in [2.75, 3.05) is 13.7 Å². The summed E-state index contributed by atoms with van der Waals surface area (Å²) in [6.07, 6.45) is 8.75. The van der Waals surface area contributed by atoms with Crippen LogP contribution in [0.5, 0.6) is 0 Å². The highest BCUT2D eigenvalue weighted by Gasteiger charge is 2.12. The highest BCUT2D eigenvalue weighted by Crippen LogP contribution is 2.20. The molecule has 0 bridgehead atoms. The summed E-state index contributed by atoms with van der Waals surface area (Å²) in [6, 6.07) is 0. The van der Waals surface area contributed by atoms with Crippen LogP contribution < -0.4 is 5.32 Å². The van der Waals surface area contributed by atoms with Crippen molar-refractivity contribution in [3.05, 3.63) is 27.2 Å². The molecule has 0 saturated carbocycles. The molecule has 5 heteroatoms. The van der Waals surface area contributed by atoms with E-state index in [0.29, 0.717) is 13.0 Å². The molecule has 4 nitrogen and oxygen atoms in total. The van der Waals surface area contributed by atoms with Crippen LogP contribution in [0, 0.1) is 6.92 Å². The largest absolute Gasteiger partial charge is 0.378 e. The third kappa shape index (κ3) is 5.25. The molecule has 1 aromatic rings. The van der Waals surface area contributed by atoms with Crippen molar-refractivity contribution >= 4 is 17.2 Å². The lowest BCUT2D eigenvalue weighted by atomic mass is 9.97. The van der Waals surface area contributed by atoms with Gasteiger partial charge in [0, 0.05) is 18.5 Å². The molecule has 0 fully saturated rings. The molecule has 0 atom stereocenters. The Morgan fingerprint density at radius 1 is 1.48 bits per heavy atom. The van der Waals surface area contributed by atoms with Gasteiger partial charge in [0.1, 0.15) is 5.01 Å². The van der Waals surface area contributed by atoms with E-state index in [-0.39, 0.29) is 5.91 Å². The molecule has 21 heavy (non-hydrogen) atoms. The van der Waals surface area contributed by atoms with Crippen LogP contribution >= 0.6 is 11.3 Å². The number of aromatic nitrogens is 1. The number of nitrogens with one attached hydrogen (secondary N) is 1. The Hall–Kier alpha value is -1.20. The van der Waals surface area contributed by atoms with E-state index in [1.54, 1.807) is 18.4 Å². The van der Waals surface area contributed by atoms with Crippen LogP contribution in [0.2, 0.25) is 0 Å². The number of carbonyl (C=O) groups is 1. The second kappa shape index (κ2) is 8.29. The fourth-order valence-corrected chi connectivity index (χ4v) is 3.58. The van der Waals surface area contributed by atoms with Crippen molar-refractivity contribution in [2.24, 2.45) is 0 Å². The first-order valence-corrected chi connectivity index (χ1v) is 8.39. The summed E-state index contributed by atoms with van der Waals surface area (Å²) < 4.78 is 5.07. The Labute approximate surface area is 130 Å². The number of thiazole rings is 1. The lowest BCUT2D eigenvalue weighted by Crippen LogP contribution is -2.26. The fraction of sp³-hybridized carbons (Fsp3) is 0.625. The first kappa shape index (κ1) is 16.2. The number of carbonyl (C=O) groups excluding carboxylic acids is 1. The maximum Gasteiger partial charge on any atom is 0.225 e. The first-order valence-electron chi connectivity index (χ1n) is 7.57. The number of ether oxygens (including phenoxy) is 1. The Kier molecular flexibility index (Phi) is 6.39. The molecule has 1 heterocycles. The van der Waals surface area contributed by atoms with E-state index < -0.39 is 0 Å². The average Bonchev–Trinajstić information content (AvgIpc) is 2.80. The Morgan fingerprint density at radius 3 is 3.05 bits per heavy atom. The zero-order valence-electron chi connectivity index (χ0n) is 12.9. The van der Waals surface area contributed by atoms with E-state index in [2.05, 4.69) is 16.4 Å². The van der Waals surface area contributed by atoms with Crippen molar-refractivity contribution in [1.29, 1.82) is 0 Å². The minimum Gasteiger partial charge on any atom is -0.378 e. The highest BCUT2D eigenvalue weighted by molar-refractivity contribution is 7.11. The van der Waals surface area contributed by atoms with Crippen LogP contribution in [-0.2, 0) is 22.6 Å². The van der Waals surface area contributed by atoms with E-state index in [9.17, 15) is 4.79 Å². The quantitative estimate of drug-likeness (QED) is 0.787. The standard InChI is InChI=1S/C16H24N2O2S/c1-12-14(21-16(18-12)11-20-2)10-15(19)17-9-8-13-6-4-3-5-7-13/h6H,3-5,7-11H2,1-2H3,(H,17,19). The van der Waals surface area contributed by atoms with E-state index >= 15 is 0 Å². The van der Waals surface area contributed by atoms with Gasteiger partial charge in [0.05, 0.1) is 18.7 Å². The van der Waals surface area contributed by atoms with E-state index in [1.165, 1.54) is 31.3 Å². The Bertz CT molecular complexity index is 508. The monoisotopic (exact) mass is 308 g/mol. The third-order valence-electron chi connectivity index (χ3n) is 3.68. The number of aryl methyl sites for hydroxylation is 1. The first-order chi connectivity index (χ1) is 10.2. The zero-order chi connectivity index (χ0) is 15.1. The topological polar surface area (TPSA) is 51.2 Å². The number of hydrogen-bond acceptors (Lipinski definition) is 4. The van der Waals surface area contributed by atoms with Gasteiger partial charge in [-0.15, -0.1) is 11.3 Å². The van der Waals surface area contributed by atoms with Gasteiger partial charge in [-0.25, -0.2) is 4.98 Å². The molecule has 1 N–H and O–H groups in total. The molecule has 0 aromatic carbocycles. The molecule has 1 aliphatic carbocycles. The van der Waals surface area contributed by atoms with Crippen LogP contribution in [-0.4, -0.2) is 24.5 Å². The van der Waals surface area contributed by atoms with E-state index in [4.69, 9.17) is 4.74 Å². The summed E-state index contributed by atoms with van der Waals surface area (Å²) in [6.45, 7) is 3.21. The van der Waals surface area contributed by atoms with Crippen molar-refractivity contribution in [1.82, 2.24) is 10.3 Å². The molecule has 0 saturated heterocycles. The predicted molar refractivity (Wildman–Crippen MR) is 85.4 cm³/mol. The number of nitrogens with zero attached hydrogens (tertiary/aromatic N) is 1. The molecule has 1 amide bonds. The molecule has 2 rings (SSSR count). The smallest absolute Gasteiger partial charge is 0.225 e. The summed E-state index contributed by atoms with van der Waals surface area (Å²) in [5.74, 6) is 0.0853. The van der Waals surface area contributed by atoms with Gasteiger partial charge in [-0.1, -0.05) is 11.6 Å². The van der Waals surface area contributed by atoms with Crippen LogP contribution in [0.3, 0.4) is 0 Å². The van der Waals surface area contributed by atoms with E-state index in [0.717, 1.165) is 28.5 Å². The molecular weight excluding hydrogens is 284 g/mol. The number of methoxy groups -OCH3 is 1.